The maximum atomic E-state index is 12.2. The highest BCUT2D eigenvalue weighted by Gasteiger charge is 2.42. The molecule has 0 radical (unpaired) electrons. The topological polar surface area (TPSA) is 72.5 Å². The quantitative estimate of drug-likeness (QED) is 0.828. The van der Waals surface area contributed by atoms with Gasteiger partial charge in [-0.1, -0.05) is 18.2 Å². The molecule has 1 aromatic rings. The van der Waals surface area contributed by atoms with Crippen LogP contribution in [0, 0.1) is 0 Å². The van der Waals surface area contributed by atoms with Crippen LogP contribution in [0.3, 0.4) is 0 Å². The Morgan fingerprint density at radius 3 is 2.85 bits per heavy atom. The van der Waals surface area contributed by atoms with Crippen LogP contribution in [-0.4, -0.2) is 40.2 Å². The van der Waals surface area contributed by atoms with Crippen molar-refractivity contribution in [1.29, 1.82) is 0 Å². The molecule has 108 valence electrons. The highest BCUT2D eigenvalue weighted by atomic mass is 32.2. The molecule has 1 amide bonds. The van der Waals surface area contributed by atoms with Gasteiger partial charge in [-0.05, 0) is 18.6 Å². The van der Waals surface area contributed by atoms with Crippen molar-refractivity contribution in [2.24, 2.45) is 0 Å². The van der Waals surface area contributed by atoms with E-state index in [1.807, 2.05) is 12.1 Å². The number of fused-ring (bicyclic) bond motifs is 1. The van der Waals surface area contributed by atoms with E-state index in [9.17, 15) is 13.8 Å². The summed E-state index contributed by atoms with van der Waals surface area (Å²) >= 11 is 0. The van der Waals surface area contributed by atoms with Gasteiger partial charge >= 0.3 is 5.97 Å². The number of esters is 1. The molecule has 0 saturated carbocycles. The summed E-state index contributed by atoms with van der Waals surface area (Å²) in [6.45, 7) is 1.90. The lowest BCUT2D eigenvalue weighted by atomic mass is 9.89. The van der Waals surface area contributed by atoms with Gasteiger partial charge in [-0.25, -0.2) is 4.79 Å². The molecule has 0 bridgehead atoms. The number of cyclic esters (lactones) is 1. The van der Waals surface area contributed by atoms with E-state index in [1.54, 1.807) is 25.3 Å². The SMILES string of the molecule is CS(=O)CCNC(=O)C1(C)Cc2ccccc2C(=O)O1. The zero-order valence-electron chi connectivity index (χ0n) is 11.5. The lowest BCUT2D eigenvalue weighted by Gasteiger charge is -2.33. The summed E-state index contributed by atoms with van der Waals surface area (Å²) in [7, 11) is -0.966. The van der Waals surface area contributed by atoms with Gasteiger partial charge in [0.25, 0.3) is 5.91 Å². The third kappa shape index (κ3) is 3.07. The molecule has 2 atom stereocenters. The molecule has 20 heavy (non-hydrogen) atoms. The summed E-state index contributed by atoms with van der Waals surface area (Å²) in [5, 5.41) is 2.67. The predicted octanol–water partition coefficient (Wildman–Crippen LogP) is 0.653. The van der Waals surface area contributed by atoms with E-state index in [0.29, 0.717) is 24.3 Å². The molecule has 0 saturated heterocycles. The first-order chi connectivity index (χ1) is 9.42. The molecule has 6 heteroatoms. The first kappa shape index (κ1) is 14.7. The Balaban J connectivity index is 2.10. The second kappa shape index (κ2) is 5.75. The summed E-state index contributed by atoms with van der Waals surface area (Å²) < 4.78 is 16.3. The van der Waals surface area contributed by atoms with Gasteiger partial charge in [0.15, 0.2) is 5.60 Å². The van der Waals surface area contributed by atoms with Crippen LogP contribution in [0.2, 0.25) is 0 Å². The van der Waals surface area contributed by atoms with Gasteiger partial charge in [0.1, 0.15) is 0 Å². The average molecular weight is 295 g/mol. The second-order valence-corrected chi connectivity index (χ2v) is 6.54. The predicted molar refractivity (Wildman–Crippen MR) is 75.9 cm³/mol. The molecule has 0 aliphatic carbocycles. The number of hydrogen-bond acceptors (Lipinski definition) is 4. The number of hydrogen-bond donors (Lipinski definition) is 1. The lowest BCUT2D eigenvalue weighted by molar-refractivity contribution is -0.139. The summed E-state index contributed by atoms with van der Waals surface area (Å²) in [5.41, 5.74) is 0.105. The minimum Gasteiger partial charge on any atom is -0.445 e. The molecule has 2 rings (SSSR count). The summed E-state index contributed by atoms with van der Waals surface area (Å²) in [6.07, 6.45) is 1.92. The van der Waals surface area contributed by atoms with Gasteiger partial charge in [0.2, 0.25) is 0 Å². The third-order valence-electron chi connectivity index (χ3n) is 3.24. The monoisotopic (exact) mass is 295 g/mol. The van der Waals surface area contributed by atoms with Crippen molar-refractivity contribution in [2.75, 3.05) is 18.6 Å². The summed E-state index contributed by atoms with van der Waals surface area (Å²) in [5.74, 6) is -0.457. The van der Waals surface area contributed by atoms with E-state index in [4.69, 9.17) is 4.74 Å². The maximum Gasteiger partial charge on any atom is 0.339 e. The van der Waals surface area contributed by atoms with Gasteiger partial charge in [-0.15, -0.1) is 0 Å². The molecule has 0 fully saturated rings. The Morgan fingerprint density at radius 2 is 2.15 bits per heavy atom. The molecule has 0 spiro atoms. The summed E-state index contributed by atoms with van der Waals surface area (Å²) in [4.78, 5) is 24.1. The highest BCUT2D eigenvalue weighted by Crippen LogP contribution is 2.28. The van der Waals surface area contributed by atoms with Crippen LogP contribution < -0.4 is 5.32 Å². The number of nitrogens with one attached hydrogen (secondary N) is 1. The second-order valence-electron chi connectivity index (χ2n) is 4.99. The van der Waals surface area contributed by atoms with Crippen molar-refractivity contribution < 1.29 is 18.5 Å². The van der Waals surface area contributed by atoms with Crippen molar-refractivity contribution in [3.05, 3.63) is 35.4 Å². The molecular weight excluding hydrogens is 278 g/mol. The molecular formula is C14H17NO4S. The number of amides is 1. The van der Waals surface area contributed by atoms with Crippen molar-refractivity contribution >= 4 is 22.7 Å². The van der Waals surface area contributed by atoms with E-state index in [-0.39, 0.29) is 5.91 Å². The minimum atomic E-state index is -1.21. The zero-order chi connectivity index (χ0) is 14.8. The number of carbonyl (C=O) groups excluding carboxylic acids is 2. The van der Waals surface area contributed by atoms with Gasteiger partial charge in [-0.3, -0.25) is 9.00 Å². The van der Waals surface area contributed by atoms with Crippen LogP contribution in [0.4, 0.5) is 0 Å². The molecule has 1 heterocycles. The fourth-order valence-corrected chi connectivity index (χ4v) is 2.54. The first-order valence-corrected chi connectivity index (χ1v) is 8.05. The molecule has 2 unspecified atom stereocenters. The largest absolute Gasteiger partial charge is 0.445 e. The molecule has 1 aliphatic rings. The van der Waals surface area contributed by atoms with Crippen LogP contribution in [0.5, 0.6) is 0 Å². The average Bonchev–Trinajstić information content (AvgIpc) is 2.38. The zero-order valence-corrected chi connectivity index (χ0v) is 12.3. The van der Waals surface area contributed by atoms with Crippen LogP contribution >= 0.6 is 0 Å². The van der Waals surface area contributed by atoms with Gasteiger partial charge in [-0.2, -0.15) is 0 Å². The van der Waals surface area contributed by atoms with Crippen LogP contribution in [0.25, 0.3) is 0 Å². The standard InChI is InChI=1S/C14H17NO4S/c1-14(13(17)15-7-8-20(2)18)9-10-5-3-4-6-11(10)12(16)19-14/h3-6H,7-9H2,1-2H3,(H,15,17). The van der Waals surface area contributed by atoms with Crippen LogP contribution in [-0.2, 0) is 26.8 Å². The van der Waals surface area contributed by atoms with E-state index in [2.05, 4.69) is 5.32 Å². The molecule has 1 N–H and O–H groups in total. The maximum absolute atomic E-state index is 12.2. The lowest BCUT2D eigenvalue weighted by Crippen LogP contribution is -2.52. The Hall–Kier alpha value is -1.69. The Labute approximate surface area is 120 Å². The molecule has 5 nitrogen and oxygen atoms in total. The Morgan fingerprint density at radius 1 is 1.45 bits per heavy atom. The third-order valence-corrected chi connectivity index (χ3v) is 4.02. The molecule has 1 aliphatic heterocycles. The van der Waals surface area contributed by atoms with E-state index < -0.39 is 22.4 Å². The Bertz CT molecular complexity index is 572. The van der Waals surface area contributed by atoms with E-state index in [1.165, 1.54) is 0 Å². The van der Waals surface area contributed by atoms with Gasteiger partial charge in [0.05, 0.1) is 5.56 Å². The fraction of sp³-hybridized carbons (Fsp3) is 0.429. The molecule has 1 aromatic carbocycles. The highest BCUT2D eigenvalue weighted by molar-refractivity contribution is 7.84. The van der Waals surface area contributed by atoms with E-state index >= 15 is 0 Å². The van der Waals surface area contributed by atoms with Crippen LogP contribution in [0.1, 0.15) is 22.8 Å². The minimum absolute atomic E-state index is 0.302. The van der Waals surface area contributed by atoms with Gasteiger partial charge < -0.3 is 10.1 Å². The smallest absolute Gasteiger partial charge is 0.339 e. The van der Waals surface area contributed by atoms with Crippen molar-refractivity contribution in [3.63, 3.8) is 0 Å². The number of ether oxygens (including phenoxy) is 1. The van der Waals surface area contributed by atoms with Gasteiger partial charge in [0, 0.05) is 35.8 Å². The normalized spacial score (nSPS) is 22.6. The van der Waals surface area contributed by atoms with E-state index in [0.717, 1.165) is 5.56 Å². The van der Waals surface area contributed by atoms with Crippen molar-refractivity contribution in [1.82, 2.24) is 5.32 Å². The summed E-state index contributed by atoms with van der Waals surface area (Å²) in [6, 6.07) is 7.10. The number of rotatable bonds is 4. The molecule has 0 aromatic heterocycles. The first-order valence-electron chi connectivity index (χ1n) is 6.32. The fourth-order valence-electron chi connectivity index (χ4n) is 2.15. The van der Waals surface area contributed by atoms with Crippen LogP contribution in [0.15, 0.2) is 24.3 Å². The van der Waals surface area contributed by atoms with Crippen molar-refractivity contribution in [3.8, 4) is 0 Å². The van der Waals surface area contributed by atoms with Crippen molar-refractivity contribution in [2.45, 2.75) is 18.9 Å². The Kier molecular flexibility index (Phi) is 4.23. The number of carbonyl (C=O) groups is 2. The number of benzene rings is 1.